The molecule has 1 aliphatic rings. The number of hydrogen-bond acceptors (Lipinski definition) is 3. The summed E-state index contributed by atoms with van der Waals surface area (Å²) < 4.78 is 1.75. The third-order valence-corrected chi connectivity index (χ3v) is 4.17. The first-order valence-electron chi connectivity index (χ1n) is 7.39. The zero-order valence-electron chi connectivity index (χ0n) is 12.3. The molecule has 1 amide bonds. The van der Waals surface area contributed by atoms with Crippen molar-refractivity contribution in [1.29, 1.82) is 0 Å². The van der Waals surface area contributed by atoms with Crippen LogP contribution in [0.4, 0.5) is 5.69 Å². The second kappa shape index (κ2) is 7.42. The van der Waals surface area contributed by atoms with Gasteiger partial charge in [0.15, 0.2) is 0 Å². The maximum absolute atomic E-state index is 12.3. The maximum Gasteiger partial charge on any atom is 0.227 e. The van der Waals surface area contributed by atoms with E-state index in [0.29, 0.717) is 12.5 Å². The van der Waals surface area contributed by atoms with E-state index in [9.17, 15) is 4.79 Å². The largest absolute Gasteiger partial charge is 0.330 e. The van der Waals surface area contributed by atoms with Crippen LogP contribution >= 0.6 is 12.4 Å². The summed E-state index contributed by atoms with van der Waals surface area (Å²) >= 11 is 0. The molecule has 1 aromatic carbocycles. The van der Waals surface area contributed by atoms with E-state index in [4.69, 9.17) is 5.73 Å². The third kappa shape index (κ3) is 3.48. The van der Waals surface area contributed by atoms with Crippen molar-refractivity contribution in [3.63, 3.8) is 0 Å². The van der Waals surface area contributed by atoms with E-state index in [1.54, 1.807) is 10.9 Å². The molecule has 2 atom stereocenters. The Morgan fingerprint density at radius 1 is 1.32 bits per heavy atom. The molecule has 1 aliphatic carbocycles. The molecule has 5 nitrogen and oxygen atoms in total. The number of anilines is 1. The van der Waals surface area contributed by atoms with E-state index in [1.807, 2.05) is 36.5 Å². The Kier molecular flexibility index (Phi) is 5.57. The standard InChI is InChI=1S/C16H20N4O.ClH/c17-9-12-5-4-8-15(12)16(21)19-13-10-18-20(11-13)14-6-2-1-3-7-14;/h1-3,6-7,10-12,15H,4-5,8-9,17H2,(H,19,21);1H/t12-,15-;/m1./s1. The van der Waals surface area contributed by atoms with E-state index in [2.05, 4.69) is 10.4 Å². The molecule has 0 bridgehead atoms. The summed E-state index contributed by atoms with van der Waals surface area (Å²) in [6.45, 7) is 0.585. The lowest BCUT2D eigenvalue weighted by Gasteiger charge is -2.16. The topological polar surface area (TPSA) is 72.9 Å². The van der Waals surface area contributed by atoms with Gasteiger partial charge in [-0.2, -0.15) is 5.10 Å². The first-order valence-corrected chi connectivity index (χ1v) is 7.39. The van der Waals surface area contributed by atoms with Crippen LogP contribution in [0.1, 0.15) is 19.3 Å². The highest BCUT2D eigenvalue weighted by Gasteiger charge is 2.32. The minimum atomic E-state index is 0. The van der Waals surface area contributed by atoms with Crippen molar-refractivity contribution < 1.29 is 4.79 Å². The van der Waals surface area contributed by atoms with E-state index in [0.717, 1.165) is 30.6 Å². The third-order valence-electron chi connectivity index (χ3n) is 4.17. The number of benzene rings is 1. The number of halogens is 1. The van der Waals surface area contributed by atoms with Crippen LogP contribution in [-0.2, 0) is 4.79 Å². The summed E-state index contributed by atoms with van der Waals surface area (Å²) in [5, 5.41) is 7.24. The molecule has 0 unspecified atom stereocenters. The molecule has 3 N–H and O–H groups in total. The van der Waals surface area contributed by atoms with Crippen molar-refractivity contribution in [1.82, 2.24) is 9.78 Å². The quantitative estimate of drug-likeness (QED) is 0.909. The second-order valence-electron chi connectivity index (χ2n) is 5.53. The van der Waals surface area contributed by atoms with E-state index in [1.165, 1.54) is 0 Å². The van der Waals surface area contributed by atoms with Crippen molar-refractivity contribution >= 4 is 24.0 Å². The highest BCUT2D eigenvalue weighted by atomic mass is 35.5. The Labute approximate surface area is 136 Å². The van der Waals surface area contributed by atoms with Crippen molar-refractivity contribution in [3.8, 4) is 5.69 Å². The van der Waals surface area contributed by atoms with E-state index < -0.39 is 0 Å². The number of hydrogen-bond donors (Lipinski definition) is 2. The van der Waals surface area contributed by atoms with Gasteiger partial charge in [0.1, 0.15) is 0 Å². The number of carbonyl (C=O) groups is 1. The summed E-state index contributed by atoms with van der Waals surface area (Å²) in [4.78, 5) is 12.3. The van der Waals surface area contributed by atoms with Gasteiger partial charge in [0, 0.05) is 5.92 Å². The summed E-state index contributed by atoms with van der Waals surface area (Å²) in [5.41, 5.74) is 7.44. The van der Waals surface area contributed by atoms with Crippen molar-refractivity contribution in [2.45, 2.75) is 19.3 Å². The smallest absolute Gasteiger partial charge is 0.227 e. The minimum Gasteiger partial charge on any atom is -0.330 e. The zero-order chi connectivity index (χ0) is 14.7. The average Bonchev–Trinajstić information content (AvgIpc) is 3.16. The Morgan fingerprint density at radius 2 is 2.09 bits per heavy atom. The molecule has 1 aromatic heterocycles. The number of aromatic nitrogens is 2. The zero-order valence-corrected chi connectivity index (χ0v) is 13.1. The second-order valence-corrected chi connectivity index (χ2v) is 5.53. The number of amides is 1. The Balaban J connectivity index is 0.00000176. The normalized spacial score (nSPS) is 20.4. The Bertz CT molecular complexity index is 614. The van der Waals surface area contributed by atoms with Gasteiger partial charge in [-0.05, 0) is 37.4 Å². The molecule has 22 heavy (non-hydrogen) atoms. The molecule has 2 aromatic rings. The lowest BCUT2D eigenvalue weighted by Crippen LogP contribution is -2.29. The number of carbonyl (C=O) groups excluding carboxylic acids is 1. The van der Waals surface area contributed by atoms with E-state index >= 15 is 0 Å². The van der Waals surface area contributed by atoms with Crippen LogP contribution < -0.4 is 11.1 Å². The molecule has 6 heteroatoms. The molecule has 0 aliphatic heterocycles. The molecule has 3 rings (SSSR count). The van der Waals surface area contributed by atoms with Gasteiger partial charge < -0.3 is 11.1 Å². The number of nitrogens with one attached hydrogen (secondary N) is 1. The molecule has 0 saturated heterocycles. The van der Waals surface area contributed by atoms with Gasteiger partial charge in [0.05, 0.1) is 23.8 Å². The van der Waals surface area contributed by atoms with Gasteiger partial charge in [-0.1, -0.05) is 24.6 Å². The number of rotatable bonds is 4. The van der Waals surface area contributed by atoms with E-state index in [-0.39, 0.29) is 24.2 Å². The highest BCUT2D eigenvalue weighted by molar-refractivity contribution is 5.92. The molecule has 118 valence electrons. The van der Waals surface area contributed by atoms with Crippen molar-refractivity contribution in [2.24, 2.45) is 17.6 Å². The molecule has 0 radical (unpaired) electrons. The van der Waals surface area contributed by atoms with Crippen LogP contribution in [0, 0.1) is 11.8 Å². The Morgan fingerprint density at radius 3 is 2.82 bits per heavy atom. The summed E-state index contributed by atoms with van der Waals surface area (Å²) in [6, 6.07) is 9.82. The predicted molar refractivity (Wildman–Crippen MR) is 89.3 cm³/mol. The van der Waals surface area contributed by atoms with Gasteiger partial charge in [-0.3, -0.25) is 4.79 Å². The molecular weight excluding hydrogens is 300 g/mol. The summed E-state index contributed by atoms with van der Waals surface area (Å²) in [5.74, 6) is 0.416. The highest BCUT2D eigenvalue weighted by Crippen LogP contribution is 2.31. The van der Waals surface area contributed by atoms with Crippen LogP contribution in [0.5, 0.6) is 0 Å². The fraction of sp³-hybridized carbons (Fsp3) is 0.375. The van der Waals surface area contributed by atoms with Crippen molar-refractivity contribution in [2.75, 3.05) is 11.9 Å². The van der Waals surface area contributed by atoms with Crippen LogP contribution in [0.15, 0.2) is 42.7 Å². The fourth-order valence-corrected chi connectivity index (χ4v) is 3.01. The first-order chi connectivity index (χ1) is 10.3. The number of nitrogens with zero attached hydrogens (tertiary/aromatic N) is 2. The van der Waals surface area contributed by atoms with Gasteiger partial charge in [0.2, 0.25) is 5.91 Å². The van der Waals surface area contributed by atoms with Crippen LogP contribution in [0.25, 0.3) is 5.69 Å². The number of para-hydroxylation sites is 1. The minimum absolute atomic E-state index is 0. The molecular formula is C16H21ClN4O. The molecule has 1 fully saturated rings. The van der Waals surface area contributed by atoms with Gasteiger partial charge >= 0.3 is 0 Å². The fourth-order valence-electron chi connectivity index (χ4n) is 3.01. The van der Waals surface area contributed by atoms with Crippen LogP contribution in [0.3, 0.4) is 0 Å². The monoisotopic (exact) mass is 320 g/mol. The van der Waals surface area contributed by atoms with Gasteiger partial charge in [0.25, 0.3) is 0 Å². The van der Waals surface area contributed by atoms with Crippen LogP contribution in [-0.4, -0.2) is 22.2 Å². The van der Waals surface area contributed by atoms with Gasteiger partial charge in [-0.25, -0.2) is 4.68 Å². The average molecular weight is 321 g/mol. The molecule has 0 spiro atoms. The number of nitrogens with two attached hydrogens (primary N) is 1. The van der Waals surface area contributed by atoms with Gasteiger partial charge in [-0.15, -0.1) is 12.4 Å². The first kappa shape index (κ1) is 16.5. The van der Waals surface area contributed by atoms with Crippen molar-refractivity contribution in [3.05, 3.63) is 42.7 Å². The summed E-state index contributed by atoms with van der Waals surface area (Å²) in [7, 11) is 0. The lowest BCUT2D eigenvalue weighted by molar-refractivity contribution is -0.120. The lowest BCUT2D eigenvalue weighted by atomic mass is 9.95. The SMILES string of the molecule is Cl.NC[C@H]1CCC[C@H]1C(=O)Nc1cnn(-c2ccccc2)c1. The molecule has 1 heterocycles. The Hall–Kier alpha value is -1.85. The van der Waals surface area contributed by atoms with Crippen LogP contribution in [0.2, 0.25) is 0 Å². The maximum atomic E-state index is 12.3. The predicted octanol–water partition coefficient (Wildman–Crippen LogP) is 2.61. The summed E-state index contributed by atoms with van der Waals surface area (Å²) in [6.07, 6.45) is 6.58. The molecule has 1 saturated carbocycles.